The molecule has 0 aromatic carbocycles. The van der Waals surface area contributed by atoms with Crippen LogP contribution < -0.4 is 15.4 Å². The van der Waals surface area contributed by atoms with Crippen molar-refractivity contribution in [2.75, 3.05) is 24.6 Å². The van der Waals surface area contributed by atoms with Gasteiger partial charge in [0.1, 0.15) is 5.82 Å². The average Bonchev–Trinajstić information content (AvgIpc) is 3.43. The maximum Gasteiger partial charge on any atom is 0.272 e. The molecule has 8 nitrogen and oxygen atoms in total. The van der Waals surface area contributed by atoms with Crippen LogP contribution in [0.1, 0.15) is 55.8 Å². The van der Waals surface area contributed by atoms with Gasteiger partial charge in [-0.05, 0) is 31.7 Å². The number of piperidine rings is 1. The molecular formula is C21H28F2N6O2. The summed E-state index contributed by atoms with van der Waals surface area (Å²) in [7, 11) is 0. The molecule has 1 saturated carbocycles. The van der Waals surface area contributed by atoms with Crippen molar-refractivity contribution in [2.45, 2.75) is 57.4 Å². The van der Waals surface area contributed by atoms with Crippen LogP contribution in [-0.2, 0) is 11.3 Å². The molecule has 2 N–H and O–H groups in total. The van der Waals surface area contributed by atoms with E-state index < -0.39 is 13.0 Å². The number of nitrogens with two attached hydrogens (primary N) is 1. The maximum atomic E-state index is 12.7. The molecule has 2 aromatic rings. The highest BCUT2D eigenvalue weighted by atomic mass is 19.3. The number of halogens is 2. The molecular weight excluding hydrogens is 406 g/mol. The second-order valence-electron chi connectivity index (χ2n) is 8.28. The highest BCUT2D eigenvalue weighted by Crippen LogP contribution is 2.36. The van der Waals surface area contributed by atoms with E-state index in [1.165, 1.54) is 6.20 Å². The average molecular weight is 434 g/mol. The van der Waals surface area contributed by atoms with E-state index in [0.29, 0.717) is 30.5 Å². The van der Waals surface area contributed by atoms with Crippen LogP contribution in [-0.4, -0.2) is 51.8 Å². The summed E-state index contributed by atoms with van der Waals surface area (Å²) in [6.45, 7) is 0.910. The molecule has 1 aliphatic heterocycles. The van der Waals surface area contributed by atoms with Crippen molar-refractivity contribution in [1.82, 2.24) is 19.7 Å². The standard InChI is InChI=1S/C21H28F2N6O2/c22-17(23)13-31-20-16(7-3-9-25-20)12-29-19(14-5-1-2-6-14)26-27-21(29)28-10-4-8-15(11-28)18(24)30/h3,7,9,14-15,17H,1-2,4-6,8,10-13H2,(H2,24,30). The number of amides is 1. The number of carbonyl (C=O) groups excluding carboxylic acids is 1. The number of aromatic nitrogens is 4. The number of nitrogens with zero attached hydrogens (tertiary/aromatic N) is 5. The van der Waals surface area contributed by atoms with Gasteiger partial charge in [0.05, 0.1) is 12.5 Å². The van der Waals surface area contributed by atoms with Gasteiger partial charge in [0, 0.05) is 30.8 Å². The van der Waals surface area contributed by atoms with Crippen LogP contribution in [0.15, 0.2) is 18.3 Å². The lowest BCUT2D eigenvalue weighted by molar-refractivity contribution is -0.122. The number of hydrogen-bond acceptors (Lipinski definition) is 6. The Kier molecular flexibility index (Phi) is 6.62. The van der Waals surface area contributed by atoms with Gasteiger partial charge in [0.2, 0.25) is 17.7 Å². The fourth-order valence-corrected chi connectivity index (χ4v) is 4.56. The van der Waals surface area contributed by atoms with Gasteiger partial charge in [-0.3, -0.25) is 9.36 Å². The summed E-state index contributed by atoms with van der Waals surface area (Å²) in [4.78, 5) is 18.0. The van der Waals surface area contributed by atoms with Gasteiger partial charge >= 0.3 is 0 Å². The fourth-order valence-electron chi connectivity index (χ4n) is 4.56. The number of pyridine rings is 1. The fraction of sp³-hybridized carbons (Fsp3) is 0.619. The van der Waals surface area contributed by atoms with Crippen LogP contribution in [0, 0.1) is 5.92 Å². The molecule has 0 radical (unpaired) electrons. The van der Waals surface area contributed by atoms with E-state index in [-0.39, 0.29) is 17.7 Å². The first-order chi connectivity index (χ1) is 15.0. The van der Waals surface area contributed by atoms with Crippen molar-refractivity contribution in [2.24, 2.45) is 11.7 Å². The summed E-state index contributed by atoms with van der Waals surface area (Å²) in [5, 5.41) is 9.00. The molecule has 3 heterocycles. The van der Waals surface area contributed by atoms with Crippen molar-refractivity contribution < 1.29 is 18.3 Å². The predicted molar refractivity (Wildman–Crippen MR) is 110 cm³/mol. The van der Waals surface area contributed by atoms with Crippen LogP contribution >= 0.6 is 0 Å². The molecule has 168 valence electrons. The molecule has 1 saturated heterocycles. The van der Waals surface area contributed by atoms with Crippen LogP contribution in [0.3, 0.4) is 0 Å². The number of primary amides is 1. The van der Waals surface area contributed by atoms with E-state index in [9.17, 15) is 13.6 Å². The number of ether oxygens (including phenoxy) is 1. The minimum atomic E-state index is -2.58. The van der Waals surface area contributed by atoms with Crippen LogP contribution in [0.2, 0.25) is 0 Å². The first-order valence-corrected chi connectivity index (χ1v) is 10.8. The summed E-state index contributed by atoms with van der Waals surface area (Å²) in [5.74, 6) is 1.53. The molecule has 1 atom stereocenters. The molecule has 31 heavy (non-hydrogen) atoms. The zero-order chi connectivity index (χ0) is 21.8. The SMILES string of the molecule is NC(=O)C1CCCN(c2nnc(C3CCCC3)n2Cc2cccnc2OCC(F)F)C1. The normalized spacial score (nSPS) is 19.8. The van der Waals surface area contributed by atoms with E-state index in [1.807, 2.05) is 10.6 Å². The smallest absolute Gasteiger partial charge is 0.272 e. The predicted octanol–water partition coefficient (Wildman–Crippen LogP) is 2.72. The number of anilines is 1. The third-order valence-corrected chi connectivity index (χ3v) is 6.11. The van der Waals surface area contributed by atoms with Crippen molar-refractivity contribution >= 4 is 11.9 Å². The van der Waals surface area contributed by atoms with Crippen LogP contribution in [0.25, 0.3) is 0 Å². The quantitative estimate of drug-likeness (QED) is 0.686. The first-order valence-electron chi connectivity index (χ1n) is 10.8. The van der Waals surface area contributed by atoms with Crippen molar-refractivity contribution in [3.63, 3.8) is 0 Å². The minimum Gasteiger partial charge on any atom is -0.471 e. The van der Waals surface area contributed by atoms with Gasteiger partial charge in [-0.2, -0.15) is 0 Å². The maximum absolute atomic E-state index is 12.7. The second kappa shape index (κ2) is 9.57. The van der Waals surface area contributed by atoms with Gasteiger partial charge in [-0.1, -0.05) is 18.9 Å². The Balaban J connectivity index is 1.65. The van der Waals surface area contributed by atoms with Crippen molar-refractivity contribution in [1.29, 1.82) is 0 Å². The summed E-state index contributed by atoms with van der Waals surface area (Å²) in [5.41, 5.74) is 6.24. The lowest BCUT2D eigenvalue weighted by atomic mass is 9.98. The zero-order valence-electron chi connectivity index (χ0n) is 17.4. The Morgan fingerprint density at radius 2 is 2.03 bits per heavy atom. The van der Waals surface area contributed by atoms with Gasteiger partial charge in [0.15, 0.2) is 6.61 Å². The largest absolute Gasteiger partial charge is 0.471 e. The van der Waals surface area contributed by atoms with E-state index in [1.54, 1.807) is 6.07 Å². The zero-order valence-corrected chi connectivity index (χ0v) is 17.4. The minimum absolute atomic E-state index is 0.188. The van der Waals surface area contributed by atoms with Crippen LogP contribution in [0.5, 0.6) is 5.88 Å². The first kappa shape index (κ1) is 21.5. The van der Waals surface area contributed by atoms with E-state index >= 15 is 0 Å². The molecule has 2 fully saturated rings. The molecule has 1 unspecified atom stereocenters. The Bertz CT molecular complexity index is 900. The van der Waals surface area contributed by atoms with Gasteiger partial charge < -0.3 is 15.4 Å². The Morgan fingerprint density at radius 3 is 2.77 bits per heavy atom. The lowest BCUT2D eigenvalue weighted by Gasteiger charge is -2.32. The van der Waals surface area contributed by atoms with Gasteiger partial charge in [0.25, 0.3) is 6.43 Å². The number of alkyl halides is 2. The highest BCUT2D eigenvalue weighted by Gasteiger charge is 2.31. The molecule has 10 heteroatoms. The van der Waals surface area contributed by atoms with E-state index in [2.05, 4.69) is 20.1 Å². The monoisotopic (exact) mass is 434 g/mol. The van der Waals surface area contributed by atoms with Crippen molar-refractivity contribution in [3.8, 4) is 5.88 Å². The lowest BCUT2D eigenvalue weighted by Crippen LogP contribution is -2.42. The molecule has 0 bridgehead atoms. The molecule has 2 aliphatic rings. The number of hydrogen-bond donors (Lipinski definition) is 1. The van der Waals surface area contributed by atoms with Crippen molar-refractivity contribution in [3.05, 3.63) is 29.7 Å². The van der Waals surface area contributed by atoms with Crippen LogP contribution in [0.4, 0.5) is 14.7 Å². The molecule has 4 rings (SSSR count). The Hall–Kier alpha value is -2.78. The third-order valence-electron chi connectivity index (χ3n) is 6.11. The number of carbonyl (C=O) groups is 1. The molecule has 1 aliphatic carbocycles. The number of rotatable bonds is 8. The van der Waals surface area contributed by atoms with Gasteiger partial charge in [-0.15, -0.1) is 10.2 Å². The molecule has 1 amide bonds. The summed E-state index contributed by atoms with van der Waals surface area (Å²) >= 11 is 0. The third kappa shape index (κ3) is 4.94. The Morgan fingerprint density at radius 1 is 1.23 bits per heavy atom. The topological polar surface area (TPSA) is 99.2 Å². The summed E-state index contributed by atoms with van der Waals surface area (Å²) in [6, 6.07) is 3.58. The summed E-state index contributed by atoms with van der Waals surface area (Å²) < 4.78 is 32.7. The second-order valence-corrected chi connectivity index (χ2v) is 8.28. The van der Waals surface area contributed by atoms with E-state index in [4.69, 9.17) is 10.5 Å². The Labute approximate surface area is 179 Å². The van der Waals surface area contributed by atoms with E-state index in [0.717, 1.165) is 50.9 Å². The highest BCUT2D eigenvalue weighted by molar-refractivity contribution is 5.77. The summed E-state index contributed by atoms with van der Waals surface area (Å²) in [6.07, 6.45) is 4.95. The molecule has 2 aromatic heterocycles. The molecule has 0 spiro atoms. The van der Waals surface area contributed by atoms with Gasteiger partial charge in [-0.25, -0.2) is 13.8 Å².